The zero-order chi connectivity index (χ0) is 26.3. The van der Waals surface area contributed by atoms with Gasteiger partial charge in [0.2, 0.25) is 5.91 Å². The normalized spacial score (nSPS) is 22.6. The molecule has 196 valence electrons. The Morgan fingerprint density at radius 2 is 2.05 bits per heavy atom. The Bertz CT molecular complexity index is 1630. The second-order valence-electron chi connectivity index (χ2n) is 10.8. The van der Waals surface area contributed by atoms with Crippen molar-refractivity contribution in [2.75, 3.05) is 20.1 Å². The molecule has 4 heterocycles. The van der Waals surface area contributed by atoms with Crippen LogP contribution in [0.4, 0.5) is 8.78 Å². The van der Waals surface area contributed by atoms with Crippen molar-refractivity contribution >= 4 is 16.8 Å². The average Bonchev–Trinajstić information content (AvgIpc) is 3.17. The number of rotatable bonds is 4. The Kier molecular flexibility index (Phi) is 4.98. The SMILES string of the molecule is CCc1cc(O)c(F)cc1-c1cc(F)c2c(-c3nc4c([nH]3)CN(C(=O)[C@]35C[C@H]3CCN5C)CC4)n[nH]c2c1. The van der Waals surface area contributed by atoms with Gasteiger partial charge in [0, 0.05) is 13.0 Å². The van der Waals surface area contributed by atoms with Crippen molar-refractivity contribution in [3.8, 4) is 28.4 Å². The van der Waals surface area contributed by atoms with E-state index in [0.717, 1.165) is 30.8 Å². The minimum absolute atomic E-state index is 0.199. The molecule has 4 aromatic rings. The van der Waals surface area contributed by atoms with Crippen molar-refractivity contribution < 1.29 is 18.7 Å². The lowest BCUT2D eigenvalue weighted by Crippen LogP contribution is -2.49. The zero-order valence-corrected chi connectivity index (χ0v) is 21.2. The van der Waals surface area contributed by atoms with Crippen LogP contribution in [0.1, 0.15) is 36.7 Å². The first-order chi connectivity index (χ1) is 18.3. The van der Waals surface area contributed by atoms with Crippen molar-refractivity contribution in [2.24, 2.45) is 5.92 Å². The third-order valence-electron chi connectivity index (χ3n) is 8.76. The first-order valence-electron chi connectivity index (χ1n) is 13.1. The first-order valence-corrected chi connectivity index (χ1v) is 13.1. The number of benzene rings is 2. The molecule has 2 aromatic carbocycles. The summed E-state index contributed by atoms with van der Waals surface area (Å²) in [5.41, 5.74) is 3.94. The van der Waals surface area contributed by atoms with E-state index in [1.165, 1.54) is 18.2 Å². The lowest BCUT2D eigenvalue weighted by molar-refractivity contribution is -0.138. The van der Waals surface area contributed by atoms with Gasteiger partial charge in [-0.05, 0) is 79.7 Å². The van der Waals surface area contributed by atoms with E-state index in [9.17, 15) is 14.3 Å². The minimum Gasteiger partial charge on any atom is -0.505 e. The lowest BCUT2D eigenvalue weighted by Gasteiger charge is -2.32. The maximum atomic E-state index is 15.5. The molecule has 1 aliphatic carbocycles. The summed E-state index contributed by atoms with van der Waals surface area (Å²) >= 11 is 0. The number of halogens is 2. The zero-order valence-electron chi connectivity index (χ0n) is 21.2. The largest absolute Gasteiger partial charge is 0.505 e. The average molecular weight is 519 g/mol. The van der Waals surface area contributed by atoms with Gasteiger partial charge in [0.25, 0.3) is 0 Å². The van der Waals surface area contributed by atoms with Crippen LogP contribution in [0.25, 0.3) is 33.5 Å². The number of hydrogen-bond acceptors (Lipinski definition) is 5. The summed E-state index contributed by atoms with van der Waals surface area (Å²) in [7, 11) is 2.04. The standard InChI is InChI=1S/C28H28F2N6O2/c1-3-14-10-23(37)18(29)11-17(14)15-8-19(30)24-21(9-15)33-34-25(24)26-31-20-5-7-36(13-22(20)32-26)27(38)28-12-16(28)4-6-35(28)2/h8-11,16,37H,3-7,12-13H2,1-2H3,(H,31,32)(H,33,34)/t16-,28+/m1/s1. The molecule has 2 aromatic heterocycles. The van der Waals surface area contributed by atoms with E-state index >= 15 is 4.39 Å². The number of nitrogens with zero attached hydrogens (tertiary/aromatic N) is 4. The lowest BCUT2D eigenvalue weighted by atomic mass is 9.96. The number of aromatic amines is 2. The second-order valence-corrected chi connectivity index (χ2v) is 10.8. The number of phenolic OH excluding ortho intramolecular Hbond substituents is 1. The number of phenols is 1. The third-order valence-corrected chi connectivity index (χ3v) is 8.76. The number of aromatic hydroxyl groups is 1. The minimum atomic E-state index is -0.756. The number of fused-ring (bicyclic) bond motifs is 3. The van der Waals surface area contributed by atoms with Crippen molar-refractivity contribution in [3.63, 3.8) is 0 Å². The summed E-state index contributed by atoms with van der Waals surface area (Å²) in [4.78, 5) is 25.6. The van der Waals surface area contributed by atoms with E-state index in [0.29, 0.717) is 65.6 Å². The van der Waals surface area contributed by atoms with Crippen LogP contribution in [0.15, 0.2) is 24.3 Å². The van der Waals surface area contributed by atoms with Gasteiger partial charge in [-0.3, -0.25) is 14.8 Å². The highest BCUT2D eigenvalue weighted by molar-refractivity contribution is 5.95. The number of amides is 1. The van der Waals surface area contributed by atoms with Gasteiger partial charge in [0.05, 0.1) is 28.8 Å². The molecule has 38 heavy (non-hydrogen) atoms. The molecular formula is C28H28F2N6O2. The number of nitrogens with one attached hydrogen (secondary N) is 2. The van der Waals surface area contributed by atoms with Gasteiger partial charge in [-0.25, -0.2) is 13.8 Å². The maximum Gasteiger partial charge on any atom is 0.243 e. The van der Waals surface area contributed by atoms with Gasteiger partial charge in [0.1, 0.15) is 17.1 Å². The Morgan fingerprint density at radius 1 is 1.21 bits per heavy atom. The van der Waals surface area contributed by atoms with E-state index in [1.54, 1.807) is 6.07 Å². The Morgan fingerprint density at radius 3 is 2.79 bits per heavy atom. The van der Waals surface area contributed by atoms with Gasteiger partial charge in [-0.1, -0.05) is 6.92 Å². The fourth-order valence-corrected chi connectivity index (χ4v) is 6.55. The molecule has 10 heteroatoms. The summed E-state index contributed by atoms with van der Waals surface area (Å²) in [6.45, 7) is 3.91. The molecule has 7 rings (SSSR count). The summed E-state index contributed by atoms with van der Waals surface area (Å²) in [5.74, 6) is -0.574. The highest BCUT2D eigenvalue weighted by Gasteiger charge is 2.66. The van der Waals surface area contributed by atoms with Gasteiger partial charge in [-0.15, -0.1) is 0 Å². The highest BCUT2D eigenvalue weighted by Crippen LogP contribution is 2.56. The summed E-state index contributed by atoms with van der Waals surface area (Å²) in [6.07, 6.45) is 3.20. The summed E-state index contributed by atoms with van der Waals surface area (Å²) < 4.78 is 29.7. The molecule has 0 spiro atoms. The molecule has 0 unspecified atom stereocenters. The Balaban J connectivity index is 1.21. The van der Waals surface area contributed by atoms with Crippen molar-refractivity contribution in [2.45, 2.75) is 44.7 Å². The molecule has 2 fully saturated rings. The van der Waals surface area contributed by atoms with E-state index < -0.39 is 17.4 Å². The number of H-pyrrole nitrogens is 2. The number of piperidine rings is 1. The quantitative estimate of drug-likeness (QED) is 0.377. The van der Waals surface area contributed by atoms with Crippen LogP contribution in [0, 0.1) is 17.6 Å². The molecular weight excluding hydrogens is 490 g/mol. The molecule has 1 saturated carbocycles. The number of likely N-dealkylation sites (N-methyl/N-ethyl adjacent to an activating group) is 1. The second kappa shape index (κ2) is 8.10. The highest BCUT2D eigenvalue weighted by atomic mass is 19.1. The number of imidazole rings is 1. The van der Waals surface area contributed by atoms with E-state index in [4.69, 9.17) is 4.98 Å². The number of carbonyl (C=O) groups is 1. The van der Waals surface area contributed by atoms with Crippen LogP contribution in [0.3, 0.4) is 0 Å². The van der Waals surface area contributed by atoms with Crippen LogP contribution >= 0.6 is 0 Å². The molecule has 2 atom stereocenters. The van der Waals surface area contributed by atoms with Crippen molar-refractivity contribution in [3.05, 3.63) is 52.9 Å². The monoisotopic (exact) mass is 518 g/mol. The predicted molar refractivity (Wildman–Crippen MR) is 137 cm³/mol. The van der Waals surface area contributed by atoms with Gasteiger partial charge >= 0.3 is 0 Å². The molecule has 8 nitrogen and oxygen atoms in total. The number of carbonyl (C=O) groups excluding carboxylic acids is 1. The maximum absolute atomic E-state index is 15.5. The molecule has 2 aliphatic heterocycles. The molecule has 3 N–H and O–H groups in total. The van der Waals surface area contributed by atoms with Crippen LogP contribution in [-0.4, -0.2) is 66.7 Å². The fourth-order valence-electron chi connectivity index (χ4n) is 6.55. The summed E-state index contributed by atoms with van der Waals surface area (Å²) in [5, 5.41) is 17.3. The van der Waals surface area contributed by atoms with Crippen molar-refractivity contribution in [1.29, 1.82) is 0 Å². The Labute approximate surface area is 217 Å². The van der Waals surface area contributed by atoms with Gasteiger partial charge in [0.15, 0.2) is 17.4 Å². The fraction of sp³-hybridized carbons (Fsp3) is 0.393. The molecule has 1 amide bonds. The van der Waals surface area contributed by atoms with Crippen LogP contribution < -0.4 is 0 Å². The topological polar surface area (TPSA) is 101 Å². The van der Waals surface area contributed by atoms with Crippen LogP contribution in [0.5, 0.6) is 5.75 Å². The molecule has 3 aliphatic rings. The number of hydrogen-bond donors (Lipinski definition) is 3. The number of likely N-dealkylation sites (tertiary alicyclic amines) is 1. The number of aryl methyl sites for hydroxylation is 1. The molecule has 0 radical (unpaired) electrons. The first kappa shape index (κ1) is 23.3. The van der Waals surface area contributed by atoms with Crippen LogP contribution in [-0.2, 0) is 24.2 Å². The van der Waals surface area contributed by atoms with Gasteiger partial charge in [-0.2, -0.15) is 5.10 Å². The predicted octanol–water partition coefficient (Wildman–Crippen LogP) is 4.15. The molecule has 0 bridgehead atoms. The van der Waals surface area contributed by atoms with E-state index in [1.807, 2.05) is 18.9 Å². The summed E-state index contributed by atoms with van der Waals surface area (Å²) in [6, 6.07) is 5.69. The van der Waals surface area contributed by atoms with E-state index in [-0.39, 0.29) is 16.8 Å². The van der Waals surface area contributed by atoms with Crippen LogP contribution in [0.2, 0.25) is 0 Å². The smallest absolute Gasteiger partial charge is 0.243 e. The Hall–Kier alpha value is -3.79. The van der Waals surface area contributed by atoms with E-state index in [2.05, 4.69) is 20.1 Å². The number of aromatic nitrogens is 4. The third kappa shape index (κ3) is 3.25. The van der Waals surface area contributed by atoms with Crippen molar-refractivity contribution in [1.82, 2.24) is 30.0 Å². The molecule has 1 saturated heterocycles. The van der Waals surface area contributed by atoms with Gasteiger partial charge < -0.3 is 15.0 Å².